The van der Waals surface area contributed by atoms with Gasteiger partial charge in [-0.15, -0.1) is 0 Å². The lowest BCUT2D eigenvalue weighted by Crippen LogP contribution is -2.42. The van der Waals surface area contributed by atoms with Gasteiger partial charge in [0, 0.05) is 7.05 Å². The Bertz CT molecular complexity index is 313. The topological polar surface area (TPSA) is 77.4 Å². The molecule has 0 fully saturated rings. The highest BCUT2D eigenvalue weighted by molar-refractivity contribution is 5.54. The van der Waals surface area contributed by atoms with E-state index in [0.717, 1.165) is 11.4 Å². The van der Waals surface area contributed by atoms with E-state index in [-0.39, 0.29) is 13.2 Å². The number of nitrogens with one attached hydrogen (secondary N) is 2. The lowest BCUT2D eigenvalue weighted by atomic mass is 10.1. The van der Waals surface area contributed by atoms with Crippen molar-refractivity contribution in [3.8, 4) is 0 Å². The molecule has 5 nitrogen and oxygen atoms in total. The Morgan fingerprint density at radius 2 is 1.87 bits per heavy atom. The monoisotopic (exact) mass is 211 g/mol. The summed E-state index contributed by atoms with van der Waals surface area (Å²) in [6.45, 7) is 1.44. The van der Waals surface area contributed by atoms with Gasteiger partial charge in [0.15, 0.2) is 0 Å². The zero-order chi connectivity index (χ0) is 11.3. The van der Waals surface area contributed by atoms with Crippen LogP contribution in [0.25, 0.3) is 0 Å². The molecular weight excluding hydrogens is 194 g/mol. The number of aromatic nitrogens is 1. The SMILES string of the molecule is CNc1cncc(NC(C)(CO)CO)c1. The van der Waals surface area contributed by atoms with Gasteiger partial charge in [-0.05, 0) is 13.0 Å². The van der Waals surface area contributed by atoms with Crippen LogP contribution in [0.15, 0.2) is 18.5 Å². The molecule has 0 unspecified atom stereocenters. The maximum atomic E-state index is 9.11. The van der Waals surface area contributed by atoms with Crippen LogP contribution < -0.4 is 10.6 Å². The van der Waals surface area contributed by atoms with E-state index in [9.17, 15) is 0 Å². The van der Waals surface area contributed by atoms with Gasteiger partial charge in [0.1, 0.15) is 0 Å². The normalized spacial score (nSPS) is 11.2. The van der Waals surface area contributed by atoms with Crippen molar-refractivity contribution in [1.82, 2.24) is 4.98 Å². The Hall–Kier alpha value is -1.33. The van der Waals surface area contributed by atoms with Crippen LogP contribution in [-0.2, 0) is 0 Å². The number of aliphatic hydroxyl groups is 2. The molecule has 1 aromatic heterocycles. The lowest BCUT2D eigenvalue weighted by molar-refractivity contribution is 0.147. The average Bonchev–Trinajstić information content (AvgIpc) is 2.29. The predicted molar refractivity (Wildman–Crippen MR) is 60.0 cm³/mol. The highest BCUT2D eigenvalue weighted by atomic mass is 16.3. The van der Waals surface area contributed by atoms with Crippen molar-refractivity contribution in [2.75, 3.05) is 30.9 Å². The Kier molecular flexibility index (Phi) is 3.88. The number of nitrogens with zero attached hydrogens (tertiary/aromatic N) is 1. The van der Waals surface area contributed by atoms with Crippen molar-refractivity contribution in [2.45, 2.75) is 12.5 Å². The van der Waals surface area contributed by atoms with Gasteiger partial charge in [0.25, 0.3) is 0 Å². The summed E-state index contributed by atoms with van der Waals surface area (Å²) in [5.41, 5.74) is 0.902. The van der Waals surface area contributed by atoms with Crippen LogP contribution in [0.5, 0.6) is 0 Å². The summed E-state index contributed by atoms with van der Waals surface area (Å²) in [5, 5.41) is 24.2. The van der Waals surface area contributed by atoms with Crippen molar-refractivity contribution in [1.29, 1.82) is 0 Å². The largest absolute Gasteiger partial charge is 0.394 e. The molecule has 0 saturated heterocycles. The van der Waals surface area contributed by atoms with E-state index in [0.29, 0.717) is 0 Å². The minimum Gasteiger partial charge on any atom is -0.394 e. The fourth-order valence-corrected chi connectivity index (χ4v) is 1.12. The number of aliphatic hydroxyl groups excluding tert-OH is 2. The zero-order valence-electron chi connectivity index (χ0n) is 8.99. The molecule has 5 heteroatoms. The standard InChI is InChI=1S/C10H17N3O2/c1-10(6-14,7-15)13-9-3-8(11-2)4-12-5-9/h3-5,11,13-15H,6-7H2,1-2H3. The van der Waals surface area contributed by atoms with Crippen LogP contribution in [0.3, 0.4) is 0 Å². The molecule has 0 spiro atoms. The van der Waals surface area contributed by atoms with Gasteiger partial charge in [-0.1, -0.05) is 0 Å². The average molecular weight is 211 g/mol. The third kappa shape index (κ3) is 3.07. The van der Waals surface area contributed by atoms with Crippen molar-refractivity contribution >= 4 is 11.4 Å². The van der Waals surface area contributed by atoms with E-state index < -0.39 is 5.54 Å². The van der Waals surface area contributed by atoms with Crippen molar-refractivity contribution in [3.05, 3.63) is 18.5 Å². The molecule has 1 rings (SSSR count). The predicted octanol–water partition coefficient (Wildman–Crippen LogP) is 0.278. The Labute approximate surface area is 89.2 Å². The minimum absolute atomic E-state index is 0.146. The summed E-state index contributed by atoms with van der Waals surface area (Å²) in [4.78, 5) is 4.02. The molecule has 0 aliphatic carbocycles. The molecule has 1 heterocycles. The molecule has 0 atom stereocenters. The fraction of sp³-hybridized carbons (Fsp3) is 0.500. The maximum absolute atomic E-state index is 9.11. The van der Waals surface area contributed by atoms with Gasteiger partial charge in [0.05, 0.1) is 42.5 Å². The minimum atomic E-state index is -0.728. The third-order valence-electron chi connectivity index (χ3n) is 2.17. The van der Waals surface area contributed by atoms with E-state index >= 15 is 0 Å². The summed E-state index contributed by atoms with van der Waals surface area (Å²) < 4.78 is 0. The summed E-state index contributed by atoms with van der Waals surface area (Å²) in [6.07, 6.45) is 3.34. The summed E-state index contributed by atoms with van der Waals surface area (Å²) in [6, 6.07) is 1.86. The maximum Gasteiger partial charge on any atom is 0.0806 e. The summed E-state index contributed by atoms with van der Waals surface area (Å²) >= 11 is 0. The first-order valence-electron chi connectivity index (χ1n) is 4.76. The molecule has 84 valence electrons. The van der Waals surface area contributed by atoms with E-state index in [1.54, 1.807) is 26.4 Å². The van der Waals surface area contributed by atoms with Gasteiger partial charge in [0.2, 0.25) is 0 Å². The number of anilines is 2. The first-order chi connectivity index (χ1) is 7.13. The Balaban J connectivity index is 2.79. The molecule has 1 aromatic rings. The quantitative estimate of drug-likeness (QED) is 0.562. The van der Waals surface area contributed by atoms with Crippen molar-refractivity contribution < 1.29 is 10.2 Å². The molecule has 0 aromatic carbocycles. The molecule has 0 bridgehead atoms. The van der Waals surface area contributed by atoms with Gasteiger partial charge in [-0.3, -0.25) is 4.98 Å². The second-order valence-electron chi connectivity index (χ2n) is 3.71. The van der Waals surface area contributed by atoms with Crippen LogP contribution in [-0.4, -0.2) is 41.0 Å². The van der Waals surface area contributed by atoms with Gasteiger partial charge >= 0.3 is 0 Å². The molecule has 0 saturated carbocycles. The van der Waals surface area contributed by atoms with Crippen LogP contribution >= 0.6 is 0 Å². The van der Waals surface area contributed by atoms with E-state index in [1.165, 1.54) is 0 Å². The third-order valence-corrected chi connectivity index (χ3v) is 2.17. The number of hydrogen-bond donors (Lipinski definition) is 4. The molecule has 15 heavy (non-hydrogen) atoms. The van der Waals surface area contributed by atoms with E-state index in [4.69, 9.17) is 10.2 Å². The van der Waals surface area contributed by atoms with E-state index in [1.807, 2.05) is 6.07 Å². The second kappa shape index (κ2) is 4.95. The molecule has 4 N–H and O–H groups in total. The summed E-state index contributed by atoms with van der Waals surface area (Å²) in [7, 11) is 1.80. The number of hydrogen-bond acceptors (Lipinski definition) is 5. The van der Waals surface area contributed by atoms with Gasteiger partial charge in [-0.25, -0.2) is 0 Å². The van der Waals surface area contributed by atoms with Crippen LogP contribution in [0, 0.1) is 0 Å². The molecule has 0 radical (unpaired) electrons. The first kappa shape index (κ1) is 11.7. The van der Waals surface area contributed by atoms with Crippen LogP contribution in [0.4, 0.5) is 11.4 Å². The first-order valence-corrected chi connectivity index (χ1v) is 4.76. The van der Waals surface area contributed by atoms with Gasteiger partial charge in [-0.2, -0.15) is 0 Å². The highest BCUT2D eigenvalue weighted by Crippen LogP contribution is 2.17. The highest BCUT2D eigenvalue weighted by Gasteiger charge is 2.21. The number of rotatable bonds is 5. The van der Waals surface area contributed by atoms with Gasteiger partial charge < -0.3 is 20.8 Å². The fourth-order valence-electron chi connectivity index (χ4n) is 1.12. The van der Waals surface area contributed by atoms with Crippen molar-refractivity contribution in [2.24, 2.45) is 0 Å². The summed E-state index contributed by atoms with van der Waals surface area (Å²) in [5.74, 6) is 0. The zero-order valence-corrected chi connectivity index (χ0v) is 8.99. The molecule has 0 aliphatic heterocycles. The molecule has 0 aliphatic rings. The van der Waals surface area contributed by atoms with Crippen molar-refractivity contribution in [3.63, 3.8) is 0 Å². The lowest BCUT2D eigenvalue weighted by Gasteiger charge is -2.27. The van der Waals surface area contributed by atoms with Crippen LogP contribution in [0.1, 0.15) is 6.92 Å². The molecular formula is C10H17N3O2. The second-order valence-corrected chi connectivity index (χ2v) is 3.71. The van der Waals surface area contributed by atoms with Crippen LogP contribution in [0.2, 0.25) is 0 Å². The Morgan fingerprint density at radius 1 is 1.27 bits per heavy atom. The van der Waals surface area contributed by atoms with E-state index in [2.05, 4.69) is 15.6 Å². The Morgan fingerprint density at radius 3 is 2.40 bits per heavy atom. The number of pyridine rings is 1. The molecule has 0 amide bonds. The smallest absolute Gasteiger partial charge is 0.0806 e.